The van der Waals surface area contributed by atoms with Crippen molar-refractivity contribution in [2.75, 3.05) is 14.2 Å². The summed E-state index contributed by atoms with van der Waals surface area (Å²) in [5.74, 6) is -1.80. The van der Waals surface area contributed by atoms with E-state index in [9.17, 15) is 26.0 Å². The third-order valence-electron chi connectivity index (χ3n) is 3.05. The molecule has 0 spiro atoms. The van der Waals surface area contributed by atoms with Gasteiger partial charge in [0.05, 0.1) is 19.9 Å². The number of ether oxygens (including phenoxy) is 1. The maximum atomic E-state index is 14.1. The smallest absolute Gasteiger partial charge is 0.427 e. The lowest BCUT2D eigenvalue weighted by atomic mass is 10.1. The number of benzene rings is 1. The van der Waals surface area contributed by atoms with Gasteiger partial charge < -0.3 is 4.74 Å². The summed E-state index contributed by atoms with van der Waals surface area (Å²) < 4.78 is 89.2. The highest BCUT2D eigenvalue weighted by atomic mass is 32.2. The van der Waals surface area contributed by atoms with E-state index in [0.717, 1.165) is 13.2 Å². The number of hydrogen-bond donors (Lipinski definition) is 0. The SMILES string of the molecule is COc1ccc(-c2nsc(C(F)(F)F)c2CS(=O)(=O)OC)c(F)c1. The van der Waals surface area contributed by atoms with Crippen LogP contribution in [0.3, 0.4) is 0 Å². The van der Waals surface area contributed by atoms with E-state index in [-0.39, 0.29) is 22.8 Å². The molecule has 0 radical (unpaired) electrons. The number of aromatic nitrogens is 1. The van der Waals surface area contributed by atoms with E-state index in [1.165, 1.54) is 19.2 Å². The summed E-state index contributed by atoms with van der Waals surface area (Å²) in [6.45, 7) is 0. The molecule has 0 N–H and O–H groups in total. The van der Waals surface area contributed by atoms with Crippen LogP contribution in [0, 0.1) is 5.82 Å². The van der Waals surface area contributed by atoms with Gasteiger partial charge in [-0.25, -0.2) is 4.39 Å². The Hall–Kier alpha value is -1.72. The first-order valence-electron chi connectivity index (χ1n) is 6.27. The Labute approximate surface area is 139 Å². The van der Waals surface area contributed by atoms with Crippen LogP contribution in [-0.2, 0) is 26.2 Å². The number of halogens is 4. The highest BCUT2D eigenvalue weighted by molar-refractivity contribution is 7.85. The Bertz CT molecular complexity index is 846. The van der Waals surface area contributed by atoms with Crippen molar-refractivity contribution in [1.82, 2.24) is 4.37 Å². The molecule has 0 bridgehead atoms. The Kier molecular flexibility index (Phi) is 5.16. The highest BCUT2D eigenvalue weighted by Crippen LogP contribution is 2.41. The van der Waals surface area contributed by atoms with E-state index < -0.39 is 44.0 Å². The molecule has 0 fully saturated rings. The van der Waals surface area contributed by atoms with E-state index in [1.54, 1.807) is 0 Å². The van der Waals surface area contributed by atoms with Gasteiger partial charge in [-0.1, -0.05) is 0 Å². The molecule has 5 nitrogen and oxygen atoms in total. The molecule has 0 saturated carbocycles. The average molecular weight is 385 g/mol. The van der Waals surface area contributed by atoms with Crippen LogP contribution >= 0.6 is 11.5 Å². The summed E-state index contributed by atoms with van der Waals surface area (Å²) in [7, 11) is -2.13. The Morgan fingerprint density at radius 2 is 1.92 bits per heavy atom. The quantitative estimate of drug-likeness (QED) is 0.583. The molecular formula is C13H11F4NO4S2. The van der Waals surface area contributed by atoms with E-state index in [1.807, 2.05) is 0 Å². The summed E-state index contributed by atoms with van der Waals surface area (Å²) in [6, 6.07) is 3.47. The van der Waals surface area contributed by atoms with Gasteiger partial charge in [0, 0.05) is 17.2 Å². The minimum Gasteiger partial charge on any atom is -0.497 e. The molecule has 0 amide bonds. The van der Waals surface area contributed by atoms with E-state index in [0.29, 0.717) is 0 Å². The van der Waals surface area contributed by atoms with Gasteiger partial charge in [-0.2, -0.15) is 26.0 Å². The summed E-state index contributed by atoms with van der Waals surface area (Å²) in [5, 5.41) is 0. The molecule has 11 heteroatoms. The highest BCUT2D eigenvalue weighted by Gasteiger charge is 2.39. The van der Waals surface area contributed by atoms with Gasteiger partial charge in [0.1, 0.15) is 22.2 Å². The van der Waals surface area contributed by atoms with Crippen LogP contribution in [0.1, 0.15) is 10.4 Å². The molecule has 0 aliphatic carbocycles. The molecule has 2 rings (SSSR count). The van der Waals surface area contributed by atoms with Crippen molar-refractivity contribution >= 4 is 21.7 Å². The molecule has 0 saturated heterocycles. The summed E-state index contributed by atoms with van der Waals surface area (Å²) >= 11 is 0.0549. The topological polar surface area (TPSA) is 65.5 Å². The molecule has 0 unspecified atom stereocenters. The van der Waals surface area contributed by atoms with Crippen LogP contribution in [0.4, 0.5) is 17.6 Å². The Balaban J connectivity index is 2.65. The predicted molar refractivity (Wildman–Crippen MR) is 78.7 cm³/mol. The summed E-state index contributed by atoms with van der Waals surface area (Å²) in [5.41, 5.74) is -1.31. The van der Waals surface area contributed by atoms with Crippen LogP contribution in [0.5, 0.6) is 5.75 Å². The summed E-state index contributed by atoms with van der Waals surface area (Å²) in [4.78, 5) is -1.21. The van der Waals surface area contributed by atoms with Gasteiger partial charge in [0.2, 0.25) is 0 Å². The molecule has 0 aliphatic heterocycles. The van der Waals surface area contributed by atoms with Crippen molar-refractivity contribution in [3.63, 3.8) is 0 Å². The van der Waals surface area contributed by atoms with E-state index in [4.69, 9.17) is 4.74 Å². The maximum absolute atomic E-state index is 14.1. The zero-order valence-electron chi connectivity index (χ0n) is 12.3. The van der Waals surface area contributed by atoms with Gasteiger partial charge >= 0.3 is 6.18 Å². The maximum Gasteiger partial charge on any atom is 0.427 e. The standard InChI is InChI=1S/C13H11F4NO4S2/c1-21-7-3-4-8(10(14)5-7)11-9(6-24(19,20)22-2)12(23-18-11)13(15,16)17/h3-5H,6H2,1-2H3. The minimum atomic E-state index is -4.82. The molecule has 1 heterocycles. The van der Waals surface area contributed by atoms with E-state index >= 15 is 0 Å². The van der Waals surface area contributed by atoms with Gasteiger partial charge in [-0.15, -0.1) is 0 Å². The van der Waals surface area contributed by atoms with Gasteiger partial charge in [0.25, 0.3) is 10.1 Å². The number of alkyl halides is 3. The summed E-state index contributed by atoms with van der Waals surface area (Å²) in [6.07, 6.45) is -4.82. The third-order valence-corrected chi connectivity index (χ3v) is 5.14. The lowest BCUT2D eigenvalue weighted by molar-refractivity contribution is -0.134. The lowest BCUT2D eigenvalue weighted by Crippen LogP contribution is -2.12. The second kappa shape index (κ2) is 6.65. The van der Waals surface area contributed by atoms with Crippen molar-refractivity contribution in [2.24, 2.45) is 0 Å². The van der Waals surface area contributed by atoms with Crippen LogP contribution in [-0.4, -0.2) is 27.0 Å². The van der Waals surface area contributed by atoms with Crippen molar-refractivity contribution < 1.29 is 34.9 Å². The first kappa shape index (κ1) is 18.6. The fraction of sp³-hybridized carbons (Fsp3) is 0.308. The Morgan fingerprint density at radius 1 is 1.25 bits per heavy atom. The first-order valence-corrected chi connectivity index (χ1v) is 8.62. The molecule has 2 aromatic rings. The van der Waals surface area contributed by atoms with Gasteiger partial charge in [-0.3, -0.25) is 4.18 Å². The fourth-order valence-corrected chi connectivity index (χ4v) is 3.55. The van der Waals surface area contributed by atoms with Crippen molar-refractivity contribution in [3.05, 3.63) is 34.5 Å². The van der Waals surface area contributed by atoms with Crippen molar-refractivity contribution in [1.29, 1.82) is 0 Å². The van der Waals surface area contributed by atoms with Crippen LogP contribution in [0.25, 0.3) is 11.3 Å². The predicted octanol–water partition coefficient (Wildman–Crippen LogP) is 3.45. The van der Waals surface area contributed by atoms with E-state index in [2.05, 4.69) is 8.56 Å². The normalized spacial score (nSPS) is 12.4. The van der Waals surface area contributed by atoms with Crippen LogP contribution in [0.15, 0.2) is 18.2 Å². The zero-order chi connectivity index (χ0) is 18.1. The van der Waals surface area contributed by atoms with Crippen LogP contribution in [0.2, 0.25) is 0 Å². The first-order chi connectivity index (χ1) is 11.1. The molecule has 132 valence electrons. The molecule has 0 aliphatic rings. The zero-order valence-corrected chi connectivity index (χ0v) is 14.0. The molecule has 1 aromatic carbocycles. The second-order valence-corrected chi connectivity index (χ2v) is 7.06. The number of hydrogen-bond acceptors (Lipinski definition) is 6. The average Bonchev–Trinajstić information content (AvgIpc) is 2.90. The van der Waals surface area contributed by atoms with Crippen molar-refractivity contribution in [2.45, 2.75) is 11.9 Å². The van der Waals surface area contributed by atoms with Crippen molar-refractivity contribution in [3.8, 4) is 17.0 Å². The minimum absolute atomic E-state index is 0.0549. The number of nitrogens with zero attached hydrogens (tertiary/aromatic N) is 1. The number of rotatable bonds is 5. The molecule has 24 heavy (non-hydrogen) atoms. The monoisotopic (exact) mass is 385 g/mol. The van der Waals surface area contributed by atoms with Gasteiger partial charge in [0.15, 0.2) is 0 Å². The number of methoxy groups -OCH3 is 1. The Morgan fingerprint density at radius 3 is 2.42 bits per heavy atom. The fourth-order valence-electron chi connectivity index (χ4n) is 1.93. The third kappa shape index (κ3) is 3.84. The largest absolute Gasteiger partial charge is 0.497 e. The molecule has 0 atom stereocenters. The molecular weight excluding hydrogens is 374 g/mol. The van der Waals surface area contributed by atoms with Crippen LogP contribution < -0.4 is 4.74 Å². The second-order valence-electron chi connectivity index (χ2n) is 4.55. The lowest BCUT2D eigenvalue weighted by Gasteiger charge is -2.10. The molecule has 1 aromatic heterocycles. The van der Waals surface area contributed by atoms with Gasteiger partial charge in [-0.05, 0) is 23.7 Å².